The lowest BCUT2D eigenvalue weighted by Gasteiger charge is -2.21. The highest BCUT2D eigenvalue weighted by Gasteiger charge is 2.13. The molecule has 1 aromatic carbocycles. The molecular weight excluding hydrogens is 236 g/mol. The molecule has 2 N–H and O–H groups in total. The van der Waals surface area contributed by atoms with Crippen molar-refractivity contribution >= 4 is 5.91 Å². The minimum atomic E-state index is -0.0536. The highest BCUT2D eigenvalue weighted by Crippen LogP contribution is 2.16. The average Bonchev–Trinajstić information content (AvgIpc) is 2.44. The van der Waals surface area contributed by atoms with Gasteiger partial charge in [-0.3, -0.25) is 4.79 Å². The molecule has 0 saturated carbocycles. The zero-order chi connectivity index (χ0) is 14.3. The predicted octanol–water partition coefficient (Wildman–Crippen LogP) is 2.97. The number of hydrogen-bond acceptors (Lipinski definition) is 2. The van der Waals surface area contributed by atoms with Gasteiger partial charge in [-0.15, -0.1) is 0 Å². The molecule has 0 heterocycles. The number of amides is 1. The molecule has 0 bridgehead atoms. The minimum Gasteiger partial charge on any atom is -0.345 e. The molecule has 0 saturated heterocycles. The van der Waals surface area contributed by atoms with E-state index in [1.807, 2.05) is 42.3 Å². The number of nitrogens with zero attached hydrogens (tertiary/aromatic N) is 1. The van der Waals surface area contributed by atoms with Crippen LogP contribution in [0.4, 0.5) is 0 Å². The topological polar surface area (TPSA) is 46.3 Å². The van der Waals surface area contributed by atoms with Crippen molar-refractivity contribution in [2.75, 3.05) is 13.6 Å². The smallest absolute Gasteiger partial charge is 0.222 e. The maximum atomic E-state index is 12.0. The summed E-state index contributed by atoms with van der Waals surface area (Å²) in [5, 5.41) is 0. The van der Waals surface area contributed by atoms with Crippen molar-refractivity contribution in [1.29, 1.82) is 0 Å². The molecule has 106 valence electrons. The van der Waals surface area contributed by atoms with Gasteiger partial charge in [-0.05, 0) is 17.9 Å². The van der Waals surface area contributed by atoms with E-state index in [2.05, 4.69) is 13.8 Å². The van der Waals surface area contributed by atoms with Crippen molar-refractivity contribution in [1.82, 2.24) is 4.90 Å². The van der Waals surface area contributed by atoms with E-state index in [0.717, 1.165) is 18.5 Å². The summed E-state index contributed by atoms with van der Waals surface area (Å²) in [6.45, 7) is 5.14. The Bertz CT molecular complexity index is 378. The van der Waals surface area contributed by atoms with E-state index in [1.165, 1.54) is 0 Å². The molecule has 2 unspecified atom stereocenters. The summed E-state index contributed by atoms with van der Waals surface area (Å²) in [6, 6.07) is 9.90. The second kappa shape index (κ2) is 7.95. The summed E-state index contributed by atoms with van der Waals surface area (Å²) in [5.41, 5.74) is 7.20. The Labute approximate surface area is 116 Å². The largest absolute Gasteiger partial charge is 0.345 e. The molecule has 0 aliphatic heterocycles. The van der Waals surface area contributed by atoms with Crippen LogP contribution < -0.4 is 5.73 Å². The first-order valence-corrected chi connectivity index (χ1v) is 7.09. The number of hydrogen-bond donors (Lipinski definition) is 1. The van der Waals surface area contributed by atoms with E-state index in [0.29, 0.717) is 18.8 Å². The third kappa shape index (κ3) is 5.43. The van der Waals surface area contributed by atoms with Gasteiger partial charge < -0.3 is 10.6 Å². The Balaban J connectivity index is 2.37. The molecular formula is C16H26N2O. The number of carbonyl (C=O) groups excluding carboxylic acids is 1. The van der Waals surface area contributed by atoms with Gasteiger partial charge in [-0.1, -0.05) is 50.6 Å². The van der Waals surface area contributed by atoms with Gasteiger partial charge >= 0.3 is 0 Å². The van der Waals surface area contributed by atoms with Crippen molar-refractivity contribution in [3.05, 3.63) is 35.9 Å². The van der Waals surface area contributed by atoms with Crippen LogP contribution in [0.5, 0.6) is 0 Å². The van der Waals surface area contributed by atoms with Gasteiger partial charge in [0.2, 0.25) is 5.91 Å². The molecule has 1 amide bonds. The number of carbonyl (C=O) groups is 1. The van der Waals surface area contributed by atoms with E-state index in [4.69, 9.17) is 5.73 Å². The first-order valence-electron chi connectivity index (χ1n) is 7.09. The Morgan fingerprint density at radius 1 is 1.32 bits per heavy atom. The van der Waals surface area contributed by atoms with Crippen LogP contribution in [0.3, 0.4) is 0 Å². The number of rotatable bonds is 7. The van der Waals surface area contributed by atoms with E-state index >= 15 is 0 Å². The minimum absolute atomic E-state index is 0.0536. The highest BCUT2D eigenvalue weighted by atomic mass is 16.2. The van der Waals surface area contributed by atoms with Crippen molar-refractivity contribution in [3.63, 3.8) is 0 Å². The quantitative estimate of drug-likeness (QED) is 0.821. The van der Waals surface area contributed by atoms with Gasteiger partial charge in [0.1, 0.15) is 0 Å². The maximum absolute atomic E-state index is 12.0. The molecule has 0 spiro atoms. The van der Waals surface area contributed by atoms with Crippen LogP contribution in [0.1, 0.15) is 44.7 Å². The lowest BCUT2D eigenvalue weighted by molar-refractivity contribution is -0.130. The SMILES string of the molecule is CCC(C)CN(C)C(=O)CCC(N)c1ccccc1. The third-order valence-corrected chi connectivity index (χ3v) is 3.61. The summed E-state index contributed by atoms with van der Waals surface area (Å²) in [5.74, 6) is 0.739. The van der Waals surface area contributed by atoms with Gasteiger partial charge in [0.15, 0.2) is 0 Å². The van der Waals surface area contributed by atoms with Crippen molar-refractivity contribution in [3.8, 4) is 0 Å². The molecule has 2 atom stereocenters. The second-order valence-electron chi connectivity index (χ2n) is 5.34. The fourth-order valence-electron chi connectivity index (χ4n) is 2.04. The Morgan fingerprint density at radius 3 is 2.53 bits per heavy atom. The Morgan fingerprint density at radius 2 is 1.95 bits per heavy atom. The lowest BCUT2D eigenvalue weighted by atomic mass is 10.0. The molecule has 3 nitrogen and oxygen atoms in total. The van der Waals surface area contributed by atoms with E-state index in [1.54, 1.807) is 0 Å². The van der Waals surface area contributed by atoms with Gasteiger partial charge in [-0.25, -0.2) is 0 Å². The summed E-state index contributed by atoms with van der Waals surface area (Å²) in [4.78, 5) is 13.8. The van der Waals surface area contributed by atoms with Crippen LogP contribution in [0, 0.1) is 5.92 Å². The first kappa shape index (κ1) is 15.7. The van der Waals surface area contributed by atoms with E-state index < -0.39 is 0 Å². The molecule has 0 fully saturated rings. The number of nitrogens with two attached hydrogens (primary N) is 1. The normalized spacial score (nSPS) is 13.9. The molecule has 0 aliphatic rings. The monoisotopic (exact) mass is 262 g/mol. The first-order chi connectivity index (χ1) is 9.04. The standard InChI is InChI=1S/C16H26N2O/c1-4-13(2)12-18(3)16(19)11-10-15(17)14-8-6-5-7-9-14/h5-9,13,15H,4,10-12,17H2,1-3H3. The second-order valence-corrected chi connectivity index (χ2v) is 5.34. The van der Waals surface area contributed by atoms with Crippen molar-refractivity contribution in [2.45, 2.75) is 39.2 Å². The summed E-state index contributed by atoms with van der Waals surface area (Å²) < 4.78 is 0. The summed E-state index contributed by atoms with van der Waals surface area (Å²) in [6.07, 6.45) is 2.32. The van der Waals surface area contributed by atoms with Crippen molar-refractivity contribution in [2.24, 2.45) is 11.7 Å². The molecule has 0 radical (unpaired) electrons. The number of benzene rings is 1. The molecule has 0 aromatic heterocycles. The highest BCUT2D eigenvalue weighted by molar-refractivity contribution is 5.75. The van der Waals surface area contributed by atoms with Gasteiger partial charge in [0.05, 0.1) is 0 Å². The average molecular weight is 262 g/mol. The van der Waals surface area contributed by atoms with Gasteiger partial charge in [-0.2, -0.15) is 0 Å². The lowest BCUT2D eigenvalue weighted by Crippen LogP contribution is -2.31. The summed E-state index contributed by atoms with van der Waals surface area (Å²) in [7, 11) is 1.88. The van der Waals surface area contributed by atoms with E-state index in [-0.39, 0.29) is 11.9 Å². The molecule has 1 aromatic rings. The van der Waals surface area contributed by atoms with Crippen LogP contribution >= 0.6 is 0 Å². The zero-order valence-corrected chi connectivity index (χ0v) is 12.3. The zero-order valence-electron chi connectivity index (χ0n) is 12.3. The molecule has 19 heavy (non-hydrogen) atoms. The van der Waals surface area contributed by atoms with Crippen LogP contribution in [0.25, 0.3) is 0 Å². The van der Waals surface area contributed by atoms with Crippen LogP contribution in [0.15, 0.2) is 30.3 Å². The molecule has 1 rings (SSSR count). The maximum Gasteiger partial charge on any atom is 0.222 e. The predicted molar refractivity (Wildman–Crippen MR) is 79.7 cm³/mol. The third-order valence-electron chi connectivity index (χ3n) is 3.61. The van der Waals surface area contributed by atoms with Gasteiger partial charge in [0.25, 0.3) is 0 Å². The fraction of sp³-hybridized carbons (Fsp3) is 0.562. The van der Waals surface area contributed by atoms with Gasteiger partial charge in [0, 0.05) is 26.1 Å². The Kier molecular flexibility index (Phi) is 6.57. The van der Waals surface area contributed by atoms with Crippen LogP contribution in [-0.2, 0) is 4.79 Å². The summed E-state index contributed by atoms with van der Waals surface area (Å²) >= 11 is 0. The molecule has 0 aliphatic carbocycles. The van der Waals surface area contributed by atoms with Crippen LogP contribution in [0.2, 0.25) is 0 Å². The van der Waals surface area contributed by atoms with Crippen LogP contribution in [-0.4, -0.2) is 24.4 Å². The molecule has 3 heteroatoms. The fourth-order valence-corrected chi connectivity index (χ4v) is 2.04. The van der Waals surface area contributed by atoms with E-state index in [9.17, 15) is 4.79 Å². The Hall–Kier alpha value is -1.35. The van der Waals surface area contributed by atoms with Crippen molar-refractivity contribution < 1.29 is 4.79 Å².